The smallest absolute Gasteiger partial charge is 0.264 e. The van der Waals surface area contributed by atoms with E-state index in [0.29, 0.717) is 27.6 Å². The number of nitrogens with one attached hydrogen (secondary N) is 1. The third kappa shape index (κ3) is 7.56. The normalized spacial score (nSPS) is 12.5. The number of sulfonamides is 1. The third-order valence-corrected chi connectivity index (χ3v) is 8.85. The summed E-state index contributed by atoms with van der Waals surface area (Å²) >= 11 is 12.8. The third-order valence-electron chi connectivity index (χ3n) is 6.30. The molecule has 2 amide bonds. The van der Waals surface area contributed by atoms with E-state index in [2.05, 4.69) is 5.32 Å². The molecule has 0 aliphatic rings. The van der Waals surface area contributed by atoms with Crippen molar-refractivity contribution in [2.75, 3.05) is 10.8 Å². The number of hydrogen-bond acceptors (Lipinski definition) is 4. The molecule has 10 heteroatoms. The van der Waals surface area contributed by atoms with Crippen molar-refractivity contribution in [1.82, 2.24) is 10.2 Å². The maximum Gasteiger partial charge on any atom is 0.264 e. The highest BCUT2D eigenvalue weighted by molar-refractivity contribution is 7.92. The van der Waals surface area contributed by atoms with E-state index in [4.69, 9.17) is 23.2 Å². The fraction of sp³-hybridized carbons (Fsp3) is 0.333. The predicted molar refractivity (Wildman–Crippen MR) is 161 cm³/mol. The number of rotatable bonds is 10. The number of benzene rings is 3. The maximum absolute atomic E-state index is 14.2. The lowest BCUT2D eigenvalue weighted by molar-refractivity contribution is -0.141. The molecule has 0 radical (unpaired) electrons. The number of nitrogens with zero attached hydrogens (tertiary/aromatic N) is 2. The van der Waals surface area contributed by atoms with Crippen LogP contribution < -0.4 is 9.62 Å². The van der Waals surface area contributed by atoms with Crippen molar-refractivity contribution in [1.29, 1.82) is 0 Å². The van der Waals surface area contributed by atoms with Gasteiger partial charge in [-0.15, -0.1) is 0 Å². The summed E-state index contributed by atoms with van der Waals surface area (Å²) in [6.07, 6.45) is 0.305. The van der Waals surface area contributed by atoms with Crippen molar-refractivity contribution in [3.63, 3.8) is 0 Å². The molecular formula is C30H35Cl2N3O4S. The minimum absolute atomic E-state index is 0.0162. The number of carbonyl (C=O) groups excluding carboxylic acids is 2. The standard InChI is InChI=1S/C30H35Cl2N3O4S/c1-6-26(29(37)33-30(3,4)5)34(19-22-13-10-11-16-25(22)32)28(36)20-35(27-18-12-17-24(31)21(27)2)40(38,39)23-14-8-7-9-15-23/h7-18,26H,6,19-20H2,1-5H3,(H,33,37). The molecule has 0 bridgehead atoms. The van der Waals surface area contributed by atoms with Gasteiger partial charge in [0.1, 0.15) is 12.6 Å². The Morgan fingerprint density at radius 1 is 0.900 bits per heavy atom. The molecule has 0 fully saturated rings. The molecule has 0 saturated carbocycles. The van der Waals surface area contributed by atoms with Gasteiger partial charge in [-0.25, -0.2) is 8.42 Å². The van der Waals surface area contributed by atoms with Crippen LogP contribution in [0, 0.1) is 6.92 Å². The van der Waals surface area contributed by atoms with E-state index in [0.717, 1.165) is 4.31 Å². The van der Waals surface area contributed by atoms with Crippen molar-refractivity contribution >= 4 is 50.7 Å². The first-order valence-corrected chi connectivity index (χ1v) is 15.1. The molecule has 0 aliphatic heterocycles. The largest absolute Gasteiger partial charge is 0.350 e. The first-order valence-electron chi connectivity index (χ1n) is 12.9. The molecule has 7 nitrogen and oxygen atoms in total. The molecule has 3 rings (SSSR count). The van der Waals surface area contributed by atoms with Crippen LogP contribution in [-0.4, -0.2) is 43.3 Å². The second kappa shape index (κ2) is 13.1. The van der Waals surface area contributed by atoms with Crippen molar-refractivity contribution in [3.05, 3.63) is 94.0 Å². The van der Waals surface area contributed by atoms with E-state index in [1.807, 2.05) is 20.8 Å². The van der Waals surface area contributed by atoms with E-state index in [1.54, 1.807) is 74.5 Å². The summed E-state index contributed by atoms with van der Waals surface area (Å²) in [6, 6.07) is 19.0. The van der Waals surface area contributed by atoms with Crippen molar-refractivity contribution in [2.45, 2.75) is 64.1 Å². The predicted octanol–water partition coefficient (Wildman–Crippen LogP) is 6.22. The molecule has 40 heavy (non-hydrogen) atoms. The van der Waals surface area contributed by atoms with E-state index < -0.39 is 34.1 Å². The van der Waals surface area contributed by atoms with Gasteiger partial charge < -0.3 is 10.2 Å². The lowest BCUT2D eigenvalue weighted by Gasteiger charge is -2.35. The number of amides is 2. The van der Waals surface area contributed by atoms with Crippen LogP contribution in [0.4, 0.5) is 5.69 Å². The summed E-state index contributed by atoms with van der Waals surface area (Å²) in [7, 11) is -4.18. The van der Waals surface area contributed by atoms with Crippen LogP contribution >= 0.6 is 23.2 Å². The minimum atomic E-state index is -4.18. The lowest BCUT2D eigenvalue weighted by Crippen LogP contribution is -2.55. The van der Waals surface area contributed by atoms with Crippen LogP contribution in [0.2, 0.25) is 10.0 Å². The Kier molecular flexibility index (Phi) is 10.3. The molecule has 1 unspecified atom stereocenters. The fourth-order valence-corrected chi connectivity index (χ4v) is 6.14. The van der Waals surface area contributed by atoms with E-state index in [9.17, 15) is 18.0 Å². The molecule has 0 spiro atoms. The average Bonchev–Trinajstić information content (AvgIpc) is 2.89. The average molecular weight is 605 g/mol. The van der Waals surface area contributed by atoms with Gasteiger partial charge in [-0.1, -0.05) is 72.6 Å². The highest BCUT2D eigenvalue weighted by Gasteiger charge is 2.35. The zero-order valence-electron chi connectivity index (χ0n) is 23.3. The summed E-state index contributed by atoms with van der Waals surface area (Å²) in [5.41, 5.74) is 0.877. The summed E-state index contributed by atoms with van der Waals surface area (Å²) < 4.78 is 28.9. The molecule has 3 aromatic carbocycles. The lowest BCUT2D eigenvalue weighted by atomic mass is 10.1. The van der Waals surface area contributed by atoms with Gasteiger partial charge in [0.15, 0.2) is 0 Å². The van der Waals surface area contributed by atoms with Crippen LogP contribution in [0.3, 0.4) is 0 Å². The summed E-state index contributed by atoms with van der Waals surface area (Å²) in [5, 5.41) is 3.75. The van der Waals surface area contributed by atoms with Crippen molar-refractivity contribution in [3.8, 4) is 0 Å². The number of halogens is 2. The SMILES string of the molecule is CCC(C(=O)NC(C)(C)C)N(Cc1ccccc1Cl)C(=O)CN(c1cccc(Cl)c1C)S(=O)(=O)c1ccccc1. The van der Waals surface area contributed by atoms with E-state index >= 15 is 0 Å². The minimum Gasteiger partial charge on any atom is -0.350 e. The van der Waals surface area contributed by atoms with Crippen LogP contribution in [0.25, 0.3) is 0 Å². The van der Waals surface area contributed by atoms with Gasteiger partial charge in [0.25, 0.3) is 10.0 Å². The van der Waals surface area contributed by atoms with Gasteiger partial charge in [0, 0.05) is 22.1 Å². The molecule has 0 heterocycles. The van der Waals surface area contributed by atoms with Gasteiger partial charge in [0.2, 0.25) is 11.8 Å². The summed E-state index contributed by atoms with van der Waals surface area (Å²) in [6.45, 7) is 8.53. The molecule has 214 valence electrons. The van der Waals surface area contributed by atoms with Crippen molar-refractivity contribution in [2.24, 2.45) is 0 Å². The topological polar surface area (TPSA) is 86.8 Å². The second-order valence-electron chi connectivity index (χ2n) is 10.5. The highest BCUT2D eigenvalue weighted by Crippen LogP contribution is 2.31. The monoisotopic (exact) mass is 603 g/mol. The first kappa shape index (κ1) is 31.5. The van der Waals surface area contributed by atoms with E-state index in [-0.39, 0.29) is 23.0 Å². The van der Waals surface area contributed by atoms with Crippen LogP contribution in [0.1, 0.15) is 45.2 Å². The molecular weight excluding hydrogens is 569 g/mol. The van der Waals surface area contributed by atoms with E-state index in [1.165, 1.54) is 17.0 Å². The molecule has 1 atom stereocenters. The quantitative estimate of drug-likeness (QED) is 0.298. The number of hydrogen-bond donors (Lipinski definition) is 1. The van der Waals surface area contributed by atoms with Crippen molar-refractivity contribution < 1.29 is 18.0 Å². The Hall–Kier alpha value is -3.07. The van der Waals surface area contributed by atoms with Gasteiger partial charge in [-0.05, 0) is 75.6 Å². The molecule has 0 saturated heterocycles. The van der Waals surface area contributed by atoms with Gasteiger partial charge in [-0.3, -0.25) is 13.9 Å². The van der Waals surface area contributed by atoms with Gasteiger partial charge in [-0.2, -0.15) is 0 Å². The molecule has 0 aromatic heterocycles. The van der Waals surface area contributed by atoms with Crippen LogP contribution in [-0.2, 0) is 26.2 Å². The van der Waals surface area contributed by atoms with Crippen LogP contribution in [0.5, 0.6) is 0 Å². The first-order chi connectivity index (χ1) is 18.8. The Morgan fingerprint density at radius 3 is 2.10 bits per heavy atom. The molecule has 1 N–H and O–H groups in total. The molecule has 3 aromatic rings. The Labute approximate surface area is 247 Å². The zero-order valence-corrected chi connectivity index (χ0v) is 25.6. The second-order valence-corrected chi connectivity index (χ2v) is 13.2. The fourth-order valence-electron chi connectivity index (χ4n) is 4.28. The van der Waals surface area contributed by atoms with Crippen LogP contribution in [0.15, 0.2) is 77.7 Å². The summed E-state index contributed by atoms with van der Waals surface area (Å²) in [4.78, 5) is 29.0. The van der Waals surface area contributed by atoms with Gasteiger partial charge in [0.05, 0.1) is 10.6 Å². The number of anilines is 1. The Bertz CT molecular complexity index is 1460. The maximum atomic E-state index is 14.2. The number of carbonyl (C=O) groups is 2. The zero-order chi connectivity index (χ0) is 29.7. The Balaban J connectivity index is 2.12. The highest BCUT2D eigenvalue weighted by atomic mass is 35.5. The Morgan fingerprint density at radius 2 is 1.50 bits per heavy atom. The summed E-state index contributed by atoms with van der Waals surface area (Å²) in [5.74, 6) is -0.901. The van der Waals surface area contributed by atoms with Gasteiger partial charge >= 0.3 is 0 Å². The molecule has 0 aliphatic carbocycles.